The van der Waals surface area contributed by atoms with Gasteiger partial charge in [0, 0.05) is 5.41 Å². The zero-order chi connectivity index (χ0) is 12.1. The van der Waals surface area contributed by atoms with Gasteiger partial charge in [-0.2, -0.15) is 0 Å². The van der Waals surface area contributed by atoms with Crippen molar-refractivity contribution in [2.45, 2.75) is 38.5 Å². The number of aryl methyl sites for hydroxylation is 1. The van der Waals surface area contributed by atoms with Gasteiger partial charge in [-0.3, -0.25) is 0 Å². The quantitative estimate of drug-likeness (QED) is 0.821. The Bertz CT molecular complexity index is 435. The summed E-state index contributed by atoms with van der Waals surface area (Å²) in [5.41, 5.74) is 4.18. The van der Waals surface area contributed by atoms with Crippen LogP contribution in [0.3, 0.4) is 0 Å². The molecule has 0 radical (unpaired) electrons. The predicted molar refractivity (Wildman–Crippen MR) is 72.3 cm³/mol. The van der Waals surface area contributed by atoms with Gasteiger partial charge in [0.05, 0.1) is 0 Å². The molecule has 2 aliphatic carbocycles. The van der Waals surface area contributed by atoms with E-state index in [0.29, 0.717) is 10.8 Å². The van der Waals surface area contributed by atoms with Crippen LogP contribution in [-0.2, 0) is 11.8 Å². The van der Waals surface area contributed by atoms with Crippen LogP contribution in [-0.4, -0.2) is 13.6 Å². The Labute approximate surface area is 105 Å². The van der Waals surface area contributed by atoms with E-state index in [1.807, 2.05) is 0 Å². The molecule has 1 saturated carbocycles. The SMILES string of the molecule is CNCC1C(C)(C)C12CCCc1ccccc12. The maximum atomic E-state index is 3.39. The molecule has 0 heterocycles. The molecule has 0 saturated heterocycles. The van der Waals surface area contributed by atoms with E-state index < -0.39 is 0 Å². The zero-order valence-corrected chi connectivity index (χ0v) is 11.2. The van der Waals surface area contributed by atoms with Gasteiger partial charge in [-0.25, -0.2) is 0 Å². The predicted octanol–water partition coefficient (Wildman–Crippen LogP) is 3.14. The van der Waals surface area contributed by atoms with Crippen molar-refractivity contribution in [2.24, 2.45) is 11.3 Å². The number of rotatable bonds is 2. The van der Waals surface area contributed by atoms with E-state index in [2.05, 4.69) is 50.5 Å². The Morgan fingerprint density at radius 1 is 1.29 bits per heavy atom. The third-order valence-corrected chi connectivity index (χ3v) is 5.46. The molecule has 92 valence electrons. The lowest BCUT2D eigenvalue weighted by atomic mass is 9.75. The Kier molecular flexibility index (Phi) is 2.38. The molecule has 1 aromatic carbocycles. The first kappa shape index (κ1) is 11.3. The Balaban J connectivity index is 2.06. The molecule has 1 aromatic rings. The van der Waals surface area contributed by atoms with Crippen LogP contribution in [0.25, 0.3) is 0 Å². The average molecular weight is 229 g/mol. The molecule has 2 unspecified atom stereocenters. The first-order chi connectivity index (χ1) is 8.14. The van der Waals surface area contributed by atoms with Crippen LogP contribution in [0.15, 0.2) is 24.3 Å². The molecular weight excluding hydrogens is 206 g/mol. The topological polar surface area (TPSA) is 12.0 Å². The number of hydrogen-bond donors (Lipinski definition) is 1. The molecule has 3 rings (SSSR count). The molecule has 1 spiro atoms. The third kappa shape index (κ3) is 1.29. The number of benzene rings is 1. The highest BCUT2D eigenvalue weighted by Crippen LogP contribution is 2.72. The number of nitrogens with one attached hydrogen (secondary N) is 1. The van der Waals surface area contributed by atoms with Crippen molar-refractivity contribution in [3.8, 4) is 0 Å². The van der Waals surface area contributed by atoms with Crippen LogP contribution in [0, 0.1) is 11.3 Å². The Hall–Kier alpha value is -0.820. The van der Waals surface area contributed by atoms with Crippen molar-refractivity contribution in [1.29, 1.82) is 0 Å². The molecule has 0 aromatic heterocycles. The van der Waals surface area contributed by atoms with Gasteiger partial charge in [0.25, 0.3) is 0 Å². The second kappa shape index (κ2) is 3.58. The standard InChI is InChI=1S/C16H23N/c1-15(2)14(11-17-3)16(15)10-6-8-12-7-4-5-9-13(12)16/h4-5,7,9,14,17H,6,8,10-11H2,1-3H3. The fraction of sp³-hybridized carbons (Fsp3) is 0.625. The van der Waals surface area contributed by atoms with E-state index in [-0.39, 0.29) is 0 Å². The summed E-state index contributed by atoms with van der Waals surface area (Å²) in [7, 11) is 2.08. The number of fused-ring (bicyclic) bond motifs is 2. The van der Waals surface area contributed by atoms with E-state index in [1.54, 1.807) is 11.1 Å². The second-order valence-corrected chi connectivity index (χ2v) is 6.31. The van der Waals surface area contributed by atoms with Gasteiger partial charge in [0.1, 0.15) is 0 Å². The zero-order valence-electron chi connectivity index (χ0n) is 11.2. The van der Waals surface area contributed by atoms with Crippen molar-refractivity contribution in [2.75, 3.05) is 13.6 Å². The van der Waals surface area contributed by atoms with Gasteiger partial charge >= 0.3 is 0 Å². The molecule has 0 bridgehead atoms. The van der Waals surface area contributed by atoms with Gasteiger partial charge in [-0.1, -0.05) is 38.1 Å². The molecule has 1 nitrogen and oxygen atoms in total. The summed E-state index contributed by atoms with van der Waals surface area (Å²) in [6.45, 7) is 6.07. The summed E-state index contributed by atoms with van der Waals surface area (Å²) in [5.74, 6) is 0.807. The lowest BCUT2D eigenvalue weighted by molar-refractivity contribution is 0.431. The van der Waals surface area contributed by atoms with Crippen LogP contribution >= 0.6 is 0 Å². The summed E-state index contributed by atoms with van der Waals surface area (Å²) >= 11 is 0. The molecular formula is C16H23N. The first-order valence-corrected chi connectivity index (χ1v) is 6.87. The highest BCUT2D eigenvalue weighted by molar-refractivity contribution is 5.47. The minimum Gasteiger partial charge on any atom is -0.319 e. The first-order valence-electron chi connectivity index (χ1n) is 6.87. The minimum absolute atomic E-state index is 0.463. The lowest BCUT2D eigenvalue weighted by Crippen LogP contribution is -2.23. The van der Waals surface area contributed by atoms with Crippen molar-refractivity contribution < 1.29 is 0 Å². The maximum absolute atomic E-state index is 3.39. The highest BCUT2D eigenvalue weighted by atomic mass is 14.9. The monoisotopic (exact) mass is 229 g/mol. The van der Waals surface area contributed by atoms with Crippen LogP contribution in [0.4, 0.5) is 0 Å². The normalized spacial score (nSPS) is 33.5. The fourth-order valence-electron chi connectivity index (χ4n) is 4.50. The minimum atomic E-state index is 0.463. The van der Waals surface area contributed by atoms with E-state index >= 15 is 0 Å². The van der Waals surface area contributed by atoms with Crippen LogP contribution < -0.4 is 5.32 Å². The van der Waals surface area contributed by atoms with E-state index in [4.69, 9.17) is 0 Å². The van der Waals surface area contributed by atoms with E-state index in [1.165, 1.54) is 19.3 Å². The molecule has 0 aliphatic heterocycles. The average Bonchev–Trinajstić information content (AvgIpc) is 2.78. The maximum Gasteiger partial charge on any atom is 0.00561 e. The summed E-state index contributed by atoms with van der Waals surface area (Å²) in [6.07, 6.45) is 4.02. The molecule has 0 amide bonds. The Morgan fingerprint density at radius 2 is 2.06 bits per heavy atom. The highest BCUT2D eigenvalue weighted by Gasteiger charge is 2.71. The second-order valence-electron chi connectivity index (χ2n) is 6.31. The Morgan fingerprint density at radius 3 is 2.82 bits per heavy atom. The largest absolute Gasteiger partial charge is 0.319 e. The van der Waals surface area contributed by atoms with Crippen LogP contribution in [0.5, 0.6) is 0 Å². The van der Waals surface area contributed by atoms with E-state index in [9.17, 15) is 0 Å². The molecule has 1 heteroatoms. The van der Waals surface area contributed by atoms with Crippen LogP contribution in [0.2, 0.25) is 0 Å². The van der Waals surface area contributed by atoms with Crippen LogP contribution in [0.1, 0.15) is 37.8 Å². The van der Waals surface area contributed by atoms with Gasteiger partial charge in [-0.05, 0) is 55.3 Å². The molecule has 2 aliphatic rings. The lowest BCUT2D eigenvalue weighted by Gasteiger charge is -2.29. The third-order valence-electron chi connectivity index (χ3n) is 5.46. The molecule has 1 N–H and O–H groups in total. The van der Waals surface area contributed by atoms with Crippen molar-refractivity contribution >= 4 is 0 Å². The van der Waals surface area contributed by atoms with E-state index in [0.717, 1.165) is 12.5 Å². The molecule has 2 atom stereocenters. The fourth-order valence-corrected chi connectivity index (χ4v) is 4.50. The molecule has 17 heavy (non-hydrogen) atoms. The summed E-state index contributed by atoms with van der Waals surface area (Å²) in [5, 5.41) is 3.39. The summed E-state index contributed by atoms with van der Waals surface area (Å²) in [6, 6.07) is 9.13. The van der Waals surface area contributed by atoms with Gasteiger partial charge in [0.15, 0.2) is 0 Å². The van der Waals surface area contributed by atoms with Crippen molar-refractivity contribution in [3.05, 3.63) is 35.4 Å². The number of hydrogen-bond acceptors (Lipinski definition) is 1. The summed E-state index contributed by atoms with van der Waals surface area (Å²) in [4.78, 5) is 0. The van der Waals surface area contributed by atoms with Crippen molar-refractivity contribution in [3.63, 3.8) is 0 Å². The van der Waals surface area contributed by atoms with Crippen molar-refractivity contribution in [1.82, 2.24) is 5.32 Å². The van der Waals surface area contributed by atoms with Gasteiger partial charge in [0.2, 0.25) is 0 Å². The summed E-state index contributed by atoms with van der Waals surface area (Å²) < 4.78 is 0. The van der Waals surface area contributed by atoms with Gasteiger partial charge < -0.3 is 5.32 Å². The van der Waals surface area contributed by atoms with Gasteiger partial charge in [-0.15, -0.1) is 0 Å². The molecule has 1 fully saturated rings. The smallest absolute Gasteiger partial charge is 0.00561 e.